The van der Waals surface area contributed by atoms with Crippen LogP contribution in [0.5, 0.6) is 0 Å². The third kappa shape index (κ3) is 4.20. The van der Waals surface area contributed by atoms with Crippen LogP contribution in [-0.4, -0.2) is 32.0 Å². The van der Waals surface area contributed by atoms with Gasteiger partial charge in [-0.3, -0.25) is 0 Å². The van der Waals surface area contributed by atoms with E-state index in [1.54, 1.807) is 0 Å². The Morgan fingerprint density at radius 3 is 2.55 bits per heavy atom. The summed E-state index contributed by atoms with van der Waals surface area (Å²) in [6, 6.07) is 0.556. The minimum atomic E-state index is -2.87. The normalized spacial score (nSPS) is 35.3. The molecule has 0 aliphatic heterocycles. The van der Waals surface area contributed by atoms with Gasteiger partial charge in [-0.15, -0.1) is 0 Å². The van der Waals surface area contributed by atoms with Gasteiger partial charge in [-0.05, 0) is 50.5 Å². The topological polar surface area (TPSA) is 46.2 Å². The molecule has 0 aromatic heterocycles. The van der Waals surface area contributed by atoms with Crippen molar-refractivity contribution < 1.29 is 8.42 Å². The minimum absolute atomic E-state index is 0.0507. The number of rotatable bonds is 6. The maximum Gasteiger partial charge on any atom is 0.153 e. The van der Waals surface area contributed by atoms with Crippen molar-refractivity contribution in [2.45, 2.75) is 76.5 Å². The summed E-state index contributed by atoms with van der Waals surface area (Å²) in [4.78, 5) is 0. The third-order valence-electron chi connectivity index (χ3n) is 5.29. The minimum Gasteiger partial charge on any atom is -0.314 e. The first-order valence-electron chi connectivity index (χ1n) is 8.48. The fourth-order valence-corrected chi connectivity index (χ4v) is 6.21. The third-order valence-corrected chi connectivity index (χ3v) is 7.54. The van der Waals surface area contributed by atoms with E-state index in [0.29, 0.717) is 23.6 Å². The second-order valence-electron chi connectivity index (χ2n) is 6.90. The van der Waals surface area contributed by atoms with Crippen molar-refractivity contribution in [1.82, 2.24) is 5.32 Å². The molecule has 0 bridgehead atoms. The van der Waals surface area contributed by atoms with Crippen LogP contribution >= 0.6 is 0 Å². The standard InChI is InChI=1S/C16H31NO2S/c1-3-17-16-9-5-7-14(16)10-11-20(18,19)15-8-4-6-13(2)12-15/h13-17H,3-12H2,1-2H3. The summed E-state index contributed by atoms with van der Waals surface area (Å²) in [6.07, 6.45) is 8.63. The molecule has 2 saturated carbocycles. The predicted molar refractivity (Wildman–Crippen MR) is 84.6 cm³/mol. The van der Waals surface area contributed by atoms with Crippen molar-refractivity contribution >= 4 is 9.84 Å². The highest BCUT2D eigenvalue weighted by Crippen LogP contribution is 2.32. The van der Waals surface area contributed by atoms with Gasteiger partial charge >= 0.3 is 0 Å². The Kier molecular flexibility index (Phi) is 5.91. The predicted octanol–water partition coefficient (Wildman–Crippen LogP) is 3.15. The van der Waals surface area contributed by atoms with E-state index in [-0.39, 0.29) is 5.25 Å². The van der Waals surface area contributed by atoms with Crippen LogP contribution < -0.4 is 5.32 Å². The molecule has 0 amide bonds. The van der Waals surface area contributed by atoms with Crippen molar-refractivity contribution in [3.05, 3.63) is 0 Å². The first-order chi connectivity index (χ1) is 9.53. The van der Waals surface area contributed by atoms with Gasteiger partial charge in [0.25, 0.3) is 0 Å². The summed E-state index contributed by atoms with van der Waals surface area (Å²) in [7, 11) is -2.87. The Morgan fingerprint density at radius 2 is 1.85 bits per heavy atom. The summed E-state index contributed by atoms with van der Waals surface area (Å²) < 4.78 is 25.1. The SMILES string of the molecule is CCNC1CCCC1CCS(=O)(=O)C1CCCC(C)C1. The largest absolute Gasteiger partial charge is 0.314 e. The van der Waals surface area contributed by atoms with Crippen molar-refractivity contribution in [2.24, 2.45) is 11.8 Å². The van der Waals surface area contributed by atoms with Gasteiger partial charge in [0.2, 0.25) is 0 Å². The van der Waals surface area contributed by atoms with E-state index in [9.17, 15) is 8.42 Å². The van der Waals surface area contributed by atoms with E-state index in [2.05, 4.69) is 19.2 Å². The maximum absolute atomic E-state index is 12.5. The van der Waals surface area contributed by atoms with Gasteiger partial charge in [-0.25, -0.2) is 8.42 Å². The Bertz CT molecular complexity index is 393. The molecule has 1 N–H and O–H groups in total. The Labute approximate surface area is 124 Å². The molecule has 2 aliphatic carbocycles. The summed E-state index contributed by atoms with van der Waals surface area (Å²) in [5, 5.41) is 3.47. The lowest BCUT2D eigenvalue weighted by molar-refractivity contribution is 0.376. The Balaban J connectivity index is 1.85. The fraction of sp³-hybridized carbons (Fsp3) is 1.00. The zero-order chi connectivity index (χ0) is 14.6. The quantitative estimate of drug-likeness (QED) is 0.820. The van der Waals surface area contributed by atoms with Crippen LogP contribution in [-0.2, 0) is 9.84 Å². The van der Waals surface area contributed by atoms with Gasteiger partial charge in [0.1, 0.15) is 0 Å². The van der Waals surface area contributed by atoms with Crippen LogP contribution in [0.25, 0.3) is 0 Å². The van der Waals surface area contributed by atoms with Crippen LogP contribution in [0.1, 0.15) is 65.2 Å². The molecule has 0 saturated heterocycles. The molecule has 0 aromatic carbocycles. The summed E-state index contributed by atoms with van der Waals surface area (Å²) in [6.45, 7) is 5.32. The lowest BCUT2D eigenvalue weighted by Gasteiger charge is -2.27. The summed E-state index contributed by atoms with van der Waals surface area (Å²) in [5.41, 5.74) is 0. The molecule has 118 valence electrons. The van der Waals surface area contributed by atoms with Gasteiger partial charge in [0.15, 0.2) is 9.84 Å². The van der Waals surface area contributed by atoms with E-state index in [1.807, 2.05) is 0 Å². The molecule has 2 fully saturated rings. The highest BCUT2D eigenvalue weighted by molar-refractivity contribution is 7.92. The molecule has 2 aliphatic rings. The Morgan fingerprint density at radius 1 is 1.10 bits per heavy atom. The van der Waals surface area contributed by atoms with Crippen molar-refractivity contribution in [3.63, 3.8) is 0 Å². The molecule has 0 aromatic rings. The fourth-order valence-electron chi connectivity index (χ4n) is 4.10. The molecule has 20 heavy (non-hydrogen) atoms. The van der Waals surface area contributed by atoms with E-state index in [1.165, 1.54) is 25.7 Å². The van der Waals surface area contributed by atoms with Gasteiger partial charge in [0, 0.05) is 6.04 Å². The first kappa shape index (κ1) is 16.3. The van der Waals surface area contributed by atoms with Gasteiger partial charge < -0.3 is 5.32 Å². The molecular weight excluding hydrogens is 270 g/mol. The number of hydrogen-bond acceptors (Lipinski definition) is 3. The average Bonchev–Trinajstić information content (AvgIpc) is 2.84. The Hall–Kier alpha value is -0.0900. The smallest absolute Gasteiger partial charge is 0.153 e. The van der Waals surface area contributed by atoms with E-state index < -0.39 is 9.84 Å². The summed E-state index contributed by atoms with van der Waals surface area (Å²) >= 11 is 0. The molecule has 4 atom stereocenters. The molecule has 4 unspecified atom stereocenters. The highest BCUT2D eigenvalue weighted by atomic mass is 32.2. The second kappa shape index (κ2) is 7.26. The van der Waals surface area contributed by atoms with Crippen LogP contribution in [0.2, 0.25) is 0 Å². The zero-order valence-corrected chi connectivity index (χ0v) is 13.9. The van der Waals surface area contributed by atoms with E-state index >= 15 is 0 Å². The molecule has 0 radical (unpaired) electrons. The maximum atomic E-state index is 12.5. The van der Waals surface area contributed by atoms with E-state index in [4.69, 9.17) is 0 Å². The van der Waals surface area contributed by atoms with Crippen LogP contribution in [0.15, 0.2) is 0 Å². The molecule has 3 nitrogen and oxygen atoms in total. The highest BCUT2D eigenvalue weighted by Gasteiger charge is 2.32. The molecule has 0 heterocycles. The van der Waals surface area contributed by atoms with Gasteiger partial charge in [-0.1, -0.05) is 33.1 Å². The zero-order valence-electron chi connectivity index (χ0n) is 13.1. The monoisotopic (exact) mass is 301 g/mol. The second-order valence-corrected chi connectivity index (χ2v) is 9.31. The lowest BCUT2D eigenvalue weighted by Crippen LogP contribution is -2.35. The molecule has 2 rings (SSSR count). The molecule has 4 heteroatoms. The molecule has 0 spiro atoms. The number of hydrogen-bond donors (Lipinski definition) is 1. The number of nitrogens with one attached hydrogen (secondary N) is 1. The molecular formula is C16H31NO2S. The average molecular weight is 301 g/mol. The summed E-state index contributed by atoms with van der Waals surface area (Å²) in [5.74, 6) is 1.58. The van der Waals surface area contributed by atoms with Crippen LogP contribution in [0.4, 0.5) is 0 Å². The van der Waals surface area contributed by atoms with Gasteiger partial charge in [0.05, 0.1) is 11.0 Å². The van der Waals surface area contributed by atoms with E-state index in [0.717, 1.165) is 32.2 Å². The van der Waals surface area contributed by atoms with Gasteiger partial charge in [-0.2, -0.15) is 0 Å². The first-order valence-corrected chi connectivity index (χ1v) is 10.2. The van der Waals surface area contributed by atoms with Crippen molar-refractivity contribution in [3.8, 4) is 0 Å². The van der Waals surface area contributed by atoms with Crippen LogP contribution in [0.3, 0.4) is 0 Å². The lowest BCUT2D eigenvalue weighted by atomic mass is 9.91. The van der Waals surface area contributed by atoms with Crippen molar-refractivity contribution in [1.29, 1.82) is 0 Å². The number of sulfone groups is 1. The van der Waals surface area contributed by atoms with Crippen molar-refractivity contribution in [2.75, 3.05) is 12.3 Å². The van der Waals surface area contributed by atoms with Crippen LogP contribution in [0, 0.1) is 11.8 Å².